The normalized spacial score (nSPS) is 26.7. The highest BCUT2D eigenvalue weighted by Gasteiger charge is 2.43. The third-order valence-corrected chi connectivity index (χ3v) is 5.32. The van der Waals surface area contributed by atoms with Gasteiger partial charge in [0, 0.05) is 31.2 Å². The van der Waals surface area contributed by atoms with Gasteiger partial charge < -0.3 is 10.2 Å². The van der Waals surface area contributed by atoms with E-state index in [9.17, 15) is 4.79 Å². The van der Waals surface area contributed by atoms with Crippen molar-refractivity contribution in [3.63, 3.8) is 0 Å². The zero-order valence-electron chi connectivity index (χ0n) is 13.8. The summed E-state index contributed by atoms with van der Waals surface area (Å²) in [5, 5.41) is 3.67. The number of aromatic nitrogens is 1. The largest absolute Gasteiger partial charge is 0.332 e. The third-order valence-electron chi connectivity index (χ3n) is 5.32. The van der Waals surface area contributed by atoms with Gasteiger partial charge in [-0.1, -0.05) is 42.8 Å². The van der Waals surface area contributed by atoms with Crippen LogP contribution in [0, 0.1) is 0 Å². The van der Waals surface area contributed by atoms with E-state index in [1.54, 1.807) is 6.20 Å². The summed E-state index contributed by atoms with van der Waals surface area (Å²) in [6, 6.07) is 16.7. The molecular weight excluding hydrogens is 298 g/mol. The lowest BCUT2D eigenvalue weighted by Gasteiger charge is -2.34. The smallest absolute Gasteiger partial charge is 0.272 e. The van der Waals surface area contributed by atoms with Crippen LogP contribution in [0.25, 0.3) is 0 Å². The number of nitrogens with one attached hydrogen (secondary N) is 1. The molecule has 0 bridgehead atoms. The lowest BCUT2D eigenvalue weighted by atomic mass is 9.89. The molecule has 4 nitrogen and oxygen atoms in total. The molecule has 0 aliphatic carbocycles. The fraction of sp³-hybridized carbons (Fsp3) is 0.400. The molecule has 0 unspecified atom stereocenters. The topological polar surface area (TPSA) is 45.2 Å². The van der Waals surface area contributed by atoms with Crippen molar-refractivity contribution >= 4 is 5.91 Å². The van der Waals surface area contributed by atoms with Crippen LogP contribution in [-0.4, -0.2) is 41.0 Å². The maximum atomic E-state index is 13.1. The first-order chi connectivity index (χ1) is 11.8. The summed E-state index contributed by atoms with van der Waals surface area (Å²) in [4.78, 5) is 19.5. The minimum Gasteiger partial charge on any atom is -0.332 e. The molecule has 4 heteroatoms. The van der Waals surface area contributed by atoms with E-state index in [-0.39, 0.29) is 11.9 Å². The molecule has 0 spiro atoms. The second-order valence-electron chi connectivity index (χ2n) is 6.73. The monoisotopic (exact) mass is 321 g/mol. The molecule has 124 valence electrons. The van der Waals surface area contributed by atoms with E-state index in [1.165, 1.54) is 12.0 Å². The molecule has 1 amide bonds. The van der Waals surface area contributed by atoms with Gasteiger partial charge in [-0.3, -0.25) is 9.78 Å². The fourth-order valence-electron chi connectivity index (χ4n) is 4.19. The number of pyridine rings is 1. The Morgan fingerprint density at radius 1 is 1.08 bits per heavy atom. The number of carbonyl (C=O) groups excluding carboxylic acids is 1. The van der Waals surface area contributed by atoms with Crippen molar-refractivity contribution in [1.82, 2.24) is 15.2 Å². The zero-order valence-corrected chi connectivity index (χ0v) is 13.8. The number of carbonyl (C=O) groups is 1. The van der Waals surface area contributed by atoms with E-state index in [0.717, 1.165) is 25.9 Å². The second-order valence-corrected chi connectivity index (χ2v) is 6.73. The van der Waals surface area contributed by atoms with E-state index >= 15 is 0 Å². The van der Waals surface area contributed by atoms with Gasteiger partial charge in [-0.15, -0.1) is 0 Å². The zero-order chi connectivity index (χ0) is 16.4. The van der Waals surface area contributed by atoms with Crippen LogP contribution >= 0.6 is 0 Å². The van der Waals surface area contributed by atoms with Gasteiger partial charge in [0.25, 0.3) is 5.91 Å². The van der Waals surface area contributed by atoms with Crippen LogP contribution < -0.4 is 5.32 Å². The van der Waals surface area contributed by atoms with Crippen LogP contribution in [0.15, 0.2) is 54.7 Å². The molecule has 24 heavy (non-hydrogen) atoms. The predicted molar refractivity (Wildman–Crippen MR) is 93.9 cm³/mol. The summed E-state index contributed by atoms with van der Waals surface area (Å²) in [5.41, 5.74) is 1.87. The van der Waals surface area contributed by atoms with Crippen molar-refractivity contribution in [2.45, 2.75) is 37.3 Å². The maximum Gasteiger partial charge on any atom is 0.272 e. The Kier molecular flexibility index (Phi) is 4.30. The van der Waals surface area contributed by atoms with Crippen LogP contribution in [0.1, 0.15) is 41.2 Å². The van der Waals surface area contributed by atoms with Gasteiger partial charge in [-0.2, -0.15) is 0 Å². The summed E-state index contributed by atoms with van der Waals surface area (Å²) in [6.07, 6.45) is 5.07. The first-order valence-electron chi connectivity index (χ1n) is 8.85. The highest BCUT2D eigenvalue weighted by Crippen LogP contribution is 2.35. The second kappa shape index (κ2) is 6.73. The SMILES string of the molecule is O=C(c1ccccn1)N1CCCC[C@@H]2NC[C@@H](c3ccccc3)[C@@H]21. The molecule has 2 fully saturated rings. The Bertz CT molecular complexity index is 689. The number of amides is 1. The minimum atomic E-state index is 0.0668. The van der Waals surface area contributed by atoms with Crippen LogP contribution in [0.3, 0.4) is 0 Å². The van der Waals surface area contributed by atoms with Gasteiger partial charge in [-0.25, -0.2) is 0 Å². The van der Waals surface area contributed by atoms with E-state index in [0.29, 0.717) is 17.7 Å². The summed E-state index contributed by atoms with van der Waals surface area (Å²) in [6.45, 7) is 1.76. The molecule has 1 aromatic carbocycles. The number of fused-ring (bicyclic) bond motifs is 1. The lowest BCUT2D eigenvalue weighted by molar-refractivity contribution is 0.0657. The van der Waals surface area contributed by atoms with Gasteiger partial charge in [0.15, 0.2) is 0 Å². The quantitative estimate of drug-likeness (QED) is 0.925. The minimum absolute atomic E-state index is 0.0668. The van der Waals surface area contributed by atoms with E-state index in [1.807, 2.05) is 24.3 Å². The average Bonchev–Trinajstić information content (AvgIpc) is 2.95. The van der Waals surface area contributed by atoms with Crippen LogP contribution in [0.4, 0.5) is 0 Å². The first-order valence-corrected chi connectivity index (χ1v) is 8.85. The van der Waals surface area contributed by atoms with E-state index in [2.05, 4.69) is 39.5 Å². The van der Waals surface area contributed by atoms with Gasteiger partial charge in [0.1, 0.15) is 5.69 Å². The van der Waals surface area contributed by atoms with Gasteiger partial charge >= 0.3 is 0 Å². The van der Waals surface area contributed by atoms with Crippen molar-refractivity contribution in [1.29, 1.82) is 0 Å². The summed E-state index contributed by atoms with van der Waals surface area (Å²) in [7, 11) is 0. The number of nitrogens with zero attached hydrogens (tertiary/aromatic N) is 2. The van der Waals surface area contributed by atoms with E-state index in [4.69, 9.17) is 0 Å². The molecule has 1 N–H and O–H groups in total. The number of hydrogen-bond donors (Lipinski definition) is 1. The number of rotatable bonds is 2. The number of hydrogen-bond acceptors (Lipinski definition) is 3. The maximum absolute atomic E-state index is 13.1. The molecule has 2 aliphatic rings. The summed E-state index contributed by atoms with van der Waals surface area (Å²) >= 11 is 0. The number of likely N-dealkylation sites (tertiary alicyclic amines) is 1. The number of benzene rings is 1. The van der Waals surface area contributed by atoms with Crippen molar-refractivity contribution in [3.8, 4) is 0 Å². The van der Waals surface area contributed by atoms with Crippen molar-refractivity contribution in [2.75, 3.05) is 13.1 Å². The summed E-state index contributed by atoms with van der Waals surface area (Å²) < 4.78 is 0. The highest BCUT2D eigenvalue weighted by atomic mass is 16.2. The molecule has 3 atom stereocenters. The fourth-order valence-corrected chi connectivity index (χ4v) is 4.19. The molecule has 2 aromatic rings. The molecule has 0 saturated carbocycles. The van der Waals surface area contributed by atoms with Crippen molar-refractivity contribution in [3.05, 3.63) is 66.0 Å². The molecule has 1 aromatic heterocycles. The Labute approximate surface area is 142 Å². The predicted octanol–water partition coefficient (Wildman–Crippen LogP) is 2.83. The van der Waals surface area contributed by atoms with E-state index < -0.39 is 0 Å². The standard InChI is InChI=1S/C20H23N3O/c24-20(18-11-4-6-12-21-18)23-13-7-5-10-17-19(23)16(14-22-17)15-8-2-1-3-9-15/h1-4,6,8-9,11-12,16-17,19,22H,5,7,10,13-14H2/t16-,17-,19-/m0/s1. The van der Waals surface area contributed by atoms with Crippen molar-refractivity contribution in [2.24, 2.45) is 0 Å². The first kappa shape index (κ1) is 15.3. The molecule has 0 radical (unpaired) electrons. The highest BCUT2D eigenvalue weighted by molar-refractivity contribution is 5.92. The Balaban J connectivity index is 1.68. The third kappa shape index (κ3) is 2.82. The van der Waals surface area contributed by atoms with Crippen LogP contribution in [-0.2, 0) is 0 Å². The van der Waals surface area contributed by atoms with Gasteiger partial charge in [0.05, 0.1) is 6.04 Å². The summed E-state index contributed by atoms with van der Waals surface area (Å²) in [5.74, 6) is 0.416. The molecule has 2 aliphatic heterocycles. The van der Waals surface area contributed by atoms with Crippen LogP contribution in [0.5, 0.6) is 0 Å². The van der Waals surface area contributed by atoms with Gasteiger partial charge in [0.2, 0.25) is 0 Å². The van der Waals surface area contributed by atoms with Crippen molar-refractivity contribution < 1.29 is 4.79 Å². The molecule has 4 rings (SSSR count). The Morgan fingerprint density at radius 3 is 2.71 bits per heavy atom. The Morgan fingerprint density at radius 2 is 1.92 bits per heavy atom. The van der Waals surface area contributed by atoms with Crippen LogP contribution in [0.2, 0.25) is 0 Å². The molecule has 3 heterocycles. The molecule has 2 saturated heterocycles. The molecular formula is C20H23N3O. The average molecular weight is 321 g/mol. The Hall–Kier alpha value is -2.20. The van der Waals surface area contributed by atoms with Gasteiger partial charge in [-0.05, 0) is 30.5 Å². The lowest BCUT2D eigenvalue weighted by Crippen LogP contribution is -2.48.